The van der Waals surface area contributed by atoms with Crippen LogP contribution in [0.5, 0.6) is 0 Å². The zero-order chi connectivity index (χ0) is 27.0. The van der Waals surface area contributed by atoms with Gasteiger partial charge in [-0.15, -0.1) is 23.5 Å². The molecule has 10 heteroatoms. The summed E-state index contributed by atoms with van der Waals surface area (Å²) < 4.78 is 1.55. The van der Waals surface area contributed by atoms with Crippen LogP contribution in [0.1, 0.15) is 70.4 Å². The molecular weight excluding hydrogens is 532 g/mol. The second-order valence-electron chi connectivity index (χ2n) is 9.89. The number of nitrogens with one attached hydrogen (secondary N) is 1. The van der Waals surface area contributed by atoms with Crippen LogP contribution >= 0.6 is 35.3 Å². The molecule has 2 aliphatic rings. The van der Waals surface area contributed by atoms with Crippen LogP contribution < -0.4 is 5.32 Å². The van der Waals surface area contributed by atoms with E-state index in [9.17, 15) is 24.3 Å². The number of carbonyl (C=O) groups is 4. The summed E-state index contributed by atoms with van der Waals surface area (Å²) in [5.41, 5.74) is 0.670. The fraction of sp³-hybridized carbons (Fsp3) is 0.630. The maximum atomic E-state index is 13.2. The Balaban J connectivity index is 1.54. The Labute approximate surface area is 232 Å². The molecule has 2 unspecified atom stereocenters. The Bertz CT molecular complexity index is 957. The number of amides is 1. The van der Waals surface area contributed by atoms with Crippen LogP contribution in [0.15, 0.2) is 30.3 Å². The lowest BCUT2D eigenvalue weighted by atomic mass is 9.86. The summed E-state index contributed by atoms with van der Waals surface area (Å²) in [6, 6.07) is 7.70. The average Bonchev–Trinajstić information content (AvgIpc) is 3.20. The van der Waals surface area contributed by atoms with Gasteiger partial charge in [0.15, 0.2) is 17.3 Å². The lowest BCUT2D eigenvalue weighted by Crippen LogP contribution is -2.37. The molecule has 204 valence electrons. The number of rotatable bonds is 13. The van der Waals surface area contributed by atoms with Crippen LogP contribution in [-0.4, -0.2) is 67.1 Å². The van der Waals surface area contributed by atoms with E-state index < -0.39 is 35.8 Å². The van der Waals surface area contributed by atoms with Gasteiger partial charge in [-0.3, -0.25) is 19.2 Å². The molecule has 1 spiro atoms. The van der Waals surface area contributed by atoms with E-state index in [2.05, 4.69) is 5.32 Å². The number of nitrogens with zero attached hydrogens (tertiary/aromatic N) is 1. The molecule has 2 heterocycles. The van der Waals surface area contributed by atoms with Crippen molar-refractivity contribution in [2.24, 2.45) is 5.92 Å². The monoisotopic (exact) mass is 568 g/mol. The van der Waals surface area contributed by atoms with Crippen molar-refractivity contribution < 1.29 is 24.3 Å². The van der Waals surface area contributed by atoms with E-state index in [1.807, 2.05) is 36.5 Å². The zero-order valence-electron chi connectivity index (χ0n) is 21.5. The number of ketones is 3. The molecule has 2 N–H and O–H groups in total. The molecule has 0 aliphatic carbocycles. The summed E-state index contributed by atoms with van der Waals surface area (Å²) in [4.78, 5) is 50.6. The van der Waals surface area contributed by atoms with E-state index in [-0.39, 0.29) is 34.9 Å². The molecule has 4 atom stereocenters. The molecule has 1 aromatic rings. The van der Waals surface area contributed by atoms with Crippen LogP contribution in [0, 0.1) is 5.92 Å². The SMILES string of the molecule is CCCC(CC(=O)[C@@H]1CC2(CN1Cl)SCCCS2)C(O)C(=O)CCC(=O)N[C@H](C(C)=O)c1ccccc1. The Morgan fingerprint density at radius 3 is 2.46 bits per heavy atom. The van der Waals surface area contributed by atoms with Crippen molar-refractivity contribution in [2.45, 2.75) is 81.1 Å². The molecular formula is C27H37ClN2O5S2. The summed E-state index contributed by atoms with van der Waals surface area (Å²) >= 11 is 10.2. The minimum Gasteiger partial charge on any atom is -0.385 e. The number of aliphatic hydroxyl groups is 1. The summed E-state index contributed by atoms with van der Waals surface area (Å²) in [7, 11) is 0. The van der Waals surface area contributed by atoms with Crippen LogP contribution in [0.2, 0.25) is 0 Å². The standard InChI is InChI=1S/C27H37ClN2O5S2/c1-3-8-20(15-23(33)21-16-27(17-30(21)28)36-13-7-14-37-27)26(35)22(32)11-12-24(34)29-25(18(2)31)19-9-5-4-6-10-19/h4-6,9-10,20-21,25-26,35H,3,7-8,11-17H2,1-2H3,(H,29,34)/t20?,21-,25+,26?/m0/s1. The van der Waals surface area contributed by atoms with E-state index in [1.54, 1.807) is 28.7 Å². The van der Waals surface area contributed by atoms with Gasteiger partial charge in [-0.2, -0.15) is 0 Å². The number of hydrogen-bond acceptors (Lipinski definition) is 8. The summed E-state index contributed by atoms with van der Waals surface area (Å²) in [5.74, 6) is 0.449. The van der Waals surface area contributed by atoms with Gasteiger partial charge in [0.2, 0.25) is 5.91 Å². The van der Waals surface area contributed by atoms with Gasteiger partial charge >= 0.3 is 0 Å². The molecule has 1 amide bonds. The molecule has 0 radical (unpaired) electrons. The molecule has 1 aromatic carbocycles. The van der Waals surface area contributed by atoms with Gasteiger partial charge in [0.1, 0.15) is 12.1 Å². The van der Waals surface area contributed by atoms with Crippen molar-refractivity contribution >= 4 is 58.6 Å². The molecule has 2 aliphatic heterocycles. The van der Waals surface area contributed by atoms with Gasteiger partial charge in [0.25, 0.3) is 0 Å². The Hall–Kier alpha value is -1.39. The first-order chi connectivity index (χ1) is 17.7. The lowest BCUT2D eigenvalue weighted by Gasteiger charge is -2.31. The number of carbonyl (C=O) groups excluding carboxylic acids is 4. The molecule has 3 rings (SSSR count). The van der Waals surface area contributed by atoms with Crippen LogP contribution in [0.25, 0.3) is 0 Å². The number of halogens is 1. The maximum absolute atomic E-state index is 13.2. The summed E-state index contributed by atoms with van der Waals surface area (Å²) in [6.07, 6.45) is 1.51. The van der Waals surface area contributed by atoms with Crippen molar-refractivity contribution in [3.05, 3.63) is 35.9 Å². The van der Waals surface area contributed by atoms with Crippen molar-refractivity contribution in [3.8, 4) is 0 Å². The third kappa shape index (κ3) is 8.30. The largest absolute Gasteiger partial charge is 0.385 e. The van der Waals surface area contributed by atoms with Crippen molar-refractivity contribution in [1.29, 1.82) is 0 Å². The van der Waals surface area contributed by atoms with E-state index in [1.165, 1.54) is 6.92 Å². The first-order valence-corrected chi connectivity index (χ1v) is 15.3. The Kier molecular flexibility index (Phi) is 11.5. The Morgan fingerprint density at radius 2 is 1.84 bits per heavy atom. The molecule has 0 aromatic heterocycles. The maximum Gasteiger partial charge on any atom is 0.221 e. The van der Waals surface area contributed by atoms with Crippen LogP contribution in [0.4, 0.5) is 0 Å². The van der Waals surface area contributed by atoms with Gasteiger partial charge < -0.3 is 10.4 Å². The molecule has 2 saturated heterocycles. The fourth-order valence-electron chi connectivity index (χ4n) is 4.98. The Morgan fingerprint density at radius 1 is 1.16 bits per heavy atom. The highest BCUT2D eigenvalue weighted by Crippen LogP contribution is 2.51. The molecule has 7 nitrogen and oxygen atoms in total. The first-order valence-electron chi connectivity index (χ1n) is 12.9. The summed E-state index contributed by atoms with van der Waals surface area (Å²) in [5, 5.41) is 13.5. The normalized spacial score (nSPS) is 21.8. The van der Waals surface area contributed by atoms with Gasteiger partial charge in [-0.05, 0) is 60.9 Å². The average molecular weight is 569 g/mol. The predicted octanol–water partition coefficient (Wildman–Crippen LogP) is 4.31. The highest BCUT2D eigenvalue weighted by Gasteiger charge is 2.48. The van der Waals surface area contributed by atoms with E-state index in [4.69, 9.17) is 11.8 Å². The third-order valence-electron chi connectivity index (χ3n) is 6.97. The van der Waals surface area contributed by atoms with E-state index >= 15 is 0 Å². The number of thioether (sulfide) groups is 2. The highest BCUT2D eigenvalue weighted by molar-refractivity contribution is 8.18. The first kappa shape index (κ1) is 30.2. The van der Waals surface area contributed by atoms with E-state index in [0.29, 0.717) is 31.4 Å². The van der Waals surface area contributed by atoms with Gasteiger partial charge in [0.05, 0.1) is 10.1 Å². The van der Waals surface area contributed by atoms with Crippen molar-refractivity contribution in [1.82, 2.24) is 9.74 Å². The smallest absolute Gasteiger partial charge is 0.221 e. The number of hydrogen-bond donors (Lipinski definition) is 2. The van der Waals surface area contributed by atoms with Crippen molar-refractivity contribution in [3.63, 3.8) is 0 Å². The minimum absolute atomic E-state index is 0.0474. The third-order valence-corrected chi connectivity index (χ3v) is 10.7. The second kappa shape index (κ2) is 14.1. The highest BCUT2D eigenvalue weighted by atomic mass is 35.5. The van der Waals surface area contributed by atoms with Gasteiger partial charge in [0, 0.05) is 25.8 Å². The van der Waals surface area contributed by atoms with Gasteiger partial charge in [-0.25, -0.2) is 4.42 Å². The zero-order valence-corrected chi connectivity index (χ0v) is 23.9. The fourth-order valence-corrected chi connectivity index (χ4v) is 8.85. The topological polar surface area (TPSA) is 104 Å². The number of aliphatic hydroxyl groups excluding tert-OH is 1. The predicted molar refractivity (Wildman–Crippen MR) is 150 cm³/mol. The van der Waals surface area contributed by atoms with Gasteiger partial charge in [-0.1, -0.05) is 43.7 Å². The van der Waals surface area contributed by atoms with Crippen molar-refractivity contribution in [2.75, 3.05) is 18.1 Å². The quantitative estimate of drug-likeness (QED) is 0.339. The van der Waals surface area contributed by atoms with Crippen LogP contribution in [-0.2, 0) is 19.2 Å². The lowest BCUT2D eigenvalue weighted by molar-refractivity contribution is -0.134. The molecule has 37 heavy (non-hydrogen) atoms. The molecule has 0 saturated carbocycles. The number of Topliss-reactive ketones (excluding diaryl/α,β-unsaturated/α-hetero) is 3. The summed E-state index contributed by atoms with van der Waals surface area (Å²) in [6.45, 7) is 3.99. The number of benzene rings is 1. The molecule has 2 fully saturated rings. The van der Waals surface area contributed by atoms with Crippen LogP contribution in [0.3, 0.4) is 0 Å². The van der Waals surface area contributed by atoms with E-state index in [0.717, 1.165) is 17.9 Å². The second-order valence-corrected chi connectivity index (χ2v) is 13.5. The minimum atomic E-state index is -1.33. The molecule has 0 bridgehead atoms.